The molecule has 1 unspecified atom stereocenters. The number of alkyl halides is 3. The van der Waals surface area contributed by atoms with Gasteiger partial charge in [-0.05, 0) is 79.2 Å². The minimum absolute atomic E-state index is 0.00317. The molecule has 2 amide bonds. The Kier molecular flexibility index (Phi) is 15.0. The molecule has 0 bridgehead atoms. The third-order valence-electron chi connectivity index (χ3n) is 12.4. The zero-order valence-corrected chi connectivity index (χ0v) is 40.5. The molecule has 3 fully saturated rings. The number of amides is 2. The number of hydrazine groups is 2. The Balaban J connectivity index is 0.745. The van der Waals surface area contributed by atoms with Crippen LogP contribution < -0.4 is 52.4 Å². The van der Waals surface area contributed by atoms with Crippen LogP contribution >= 0.6 is 0 Å². The van der Waals surface area contributed by atoms with Gasteiger partial charge >= 0.3 is 6.18 Å². The summed E-state index contributed by atoms with van der Waals surface area (Å²) in [5, 5.41) is 9.47. The van der Waals surface area contributed by atoms with E-state index >= 15 is 4.39 Å². The number of aromatic nitrogens is 6. The summed E-state index contributed by atoms with van der Waals surface area (Å²) in [6.45, 7) is 6.86. The van der Waals surface area contributed by atoms with E-state index < -0.39 is 41.3 Å². The summed E-state index contributed by atoms with van der Waals surface area (Å²) in [4.78, 5) is 56.4. The molecule has 10 rings (SSSR count). The van der Waals surface area contributed by atoms with E-state index in [1.165, 1.54) is 30.6 Å². The van der Waals surface area contributed by atoms with Gasteiger partial charge in [0.05, 0.1) is 74.4 Å². The lowest BCUT2D eigenvalue weighted by Crippen LogP contribution is -2.43. The number of carbonyl (C=O) groups is 2. The van der Waals surface area contributed by atoms with Gasteiger partial charge in [-0.25, -0.2) is 28.7 Å². The van der Waals surface area contributed by atoms with Crippen LogP contribution in [0.25, 0.3) is 11.3 Å². The molecule has 2 aromatic carbocycles. The number of hydrogen-bond donors (Lipinski definition) is 7. The number of hydrogen-bond acceptors (Lipinski definition) is 19. The van der Waals surface area contributed by atoms with Crippen molar-refractivity contribution in [3.63, 3.8) is 0 Å². The number of piperazine rings is 1. The Hall–Kier alpha value is -8.75. The molecular weight excluding hydrogens is 1000 g/mol. The van der Waals surface area contributed by atoms with E-state index in [4.69, 9.17) is 13.9 Å². The molecule has 0 spiro atoms. The Labute approximate surface area is 430 Å². The molecule has 1 atom stereocenters. The van der Waals surface area contributed by atoms with Crippen LogP contribution in [0.4, 0.5) is 73.9 Å². The molecule has 3 aliphatic heterocycles. The van der Waals surface area contributed by atoms with Gasteiger partial charge in [0, 0.05) is 74.0 Å². The van der Waals surface area contributed by atoms with Crippen LogP contribution in [0.15, 0.2) is 102 Å². The maximum atomic E-state index is 15.5. The summed E-state index contributed by atoms with van der Waals surface area (Å²) < 4.78 is 89.0. The predicted octanol–water partition coefficient (Wildman–Crippen LogP) is 6.75. The molecule has 76 heavy (non-hydrogen) atoms. The van der Waals surface area contributed by atoms with Crippen LogP contribution in [0.1, 0.15) is 43.8 Å². The molecule has 7 aromatic rings. The van der Waals surface area contributed by atoms with Gasteiger partial charge in [-0.15, -0.1) is 0 Å². The SMILES string of the molecule is Cc1cc(Nc2ccc(C(=O)NNc3ncc(F)c(N4CCOCC4)n3)nc2)cc(-c2occc2C2CN(c3nc(NNC(=O)c4ccc(Nc5cc(N6CCNCC6)cc(C(F)(F)F)c5)cn4)ncc3F)CCO2)c1. The van der Waals surface area contributed by atoms with Crippen molar-refractivity contribution in [2.75, 3.05) is 108 Å². The Bertz CT molecular complexity index is 3190. The van der Waals surface area contributed by atoms with Crippen LogP contribution in [-0.2, 0) is 15.7 Å². The number of benzene rings is 2. The first kappa shape index (κ1) is 50.8. The normalized spacial score (nSPS) is 16.0. The van der Waals surface area contributed by atoms with Crippen molar-refractivity contribution >= 4 is 63.8 Å². The number of aryl methyl sites for hydroxylation is 1. The van der Waals surface area contributed by atoms with Crippen LogP contribution in [0.3, 0.4) is 0 Å². The van der Waals surface area contributed by atoms with Gasteiger partial charge in [0.15, 0.2) is 23.3 Å². The first-order valence-electron chi connectivity index (χ1n) is 24.0. The molecule has 21 nitrogen and oxygen atoms in total. The number of pyridine rings is 2. The highest BCUT2D eigenvalue weighted by molar-refractivity contribution is 5.93. The van der Waals surface area contributed by atoms with Crippen molar-refractivity contribution in [1.82, 2.24) is 46.1 Å². The molecule has 0 saturated carbocycles. The predicted molar refractivity (Wildman–Crippen MR) is 271 cm³/mol. The largest absolute Gasteiger partial charge is 0.464 e. The van der Waals surface area contributed by atoms with E-state index in [9.17, 15) is 27.2 Å². The molecule has 394 valence electrons. The number of halogens is 5. The lowest BCUT2D eigenvalue weighted by Gasteiger charge is -2.34. The molecule has 8 heterocycles. The maximum absolute atomic E-state index is 15.5. The number of nitrogens with zero attached hydrogens (tertiary/aromatic N) is 9. The summed E-state index contributed by atoms with van der Waals surface area (Å²) in [5.41, 5.74) is 14.1. The van der Waals surface area contributed by atoms with E-state index in [-0.39, 0.29) is 60.3 Å². The number of rotatable bonds is 15. The van der Waals surface area contributed by atoms with Crippen LogP contribution in [-0.4, -0.2) is 114 Å². The molecule has 0 aliphatic carbocycles. The van der Waals surface area contributed by atoms with Crippen LogP contribution in [0.2, 0.25) is 0 Å². The second-order valence-corrected chi connectivity index (χ2v) is 17.7. The average molecular weight is 1050 g/mol. The molecule has 0 radical (unpaired) electrons. The Morgan fingerprint density at radius 3 is 1.87 bits per heavy atom. The maximum Gasteiger partial charge on any atom is 0.416 e. The Morgan fingerprint density at radius 1 is 0.658 bits per heavy atom. The van der Waals surface area contributed by atoms with Gasteiger partial charge in [-0.3, -0.25) is 31.3 Å². The zero-order chi connectivity index (χ0) is 52.8. The lowest BCUT2D eigenvalue weighted by molar-refractivity contribution is -0.137. The van der Waals surface area contributed by atoms with Crippen molar-refractivity contribution in [2.24, 2.45) is 0 Å². The standard InChI is InChI=1S/C50H49F5N16O5/c1-29-18-30(20-34(19-29)61-32-2-4-40(57-24-32)46(72)65-67-48-59-26-38(51)44(63-48)70-11-15-74-16-12-70)43-37(6-14-76-43)42-28-71(13-17-75-42)45-39(52)27-60-49(64-45)68-66-47(73)41-5-3-33(25-58-41)62-35-21-31(50(53,54)55)22-36(23-35)69-9-7-56-8-10-69/h2-6,14,18-27,42,56,61-62H,7-13,15-17,28H2,1H3,(H,65,72)(H,66,73)(H,59,63,67)(H,60,64,68). The first-order chi connectivity index (χ1) is 36.8. The van der Waals surface area contributed by atoms with Crippen LogP contribution in [0.5, 0.6) is 0 Å². The van der Waals surface area contributed by atoms with Gasteiger partial charge in [-0.1, -0.05) is 0 Å². The van der Waals surface area contributed by atoms with E-state index in [1.54, 1.807) is 34.3 Å². The summed E-state index contributed by atoms with van der Waals surface area (Å²) in [7, 11) is 0. The van der Waals surface area contributed by atoms with E-state index in [1.807, 2.05) is 30.0 Å². The third-order valence-corrected chi connectivity index (χ3v) is 12.4. The number of carbonyl (C=O) groups excluding carboxylic acids is 2. The van der Waals surface area contributed by atoms with Gasteiger partial charge in [0.1, 0.15) is 23.3 Å². The Morgan fingerprint density at radius 2 is 1.26 bits per heavy atom. The highest BCUT2D eigenvalue weighted by Gasteiger charge is 2.33. The molecule has 3 saturated heterocycles. The zero-order valence-electron chi connectivity index (χ0n) is 40.5. The van der Waals surface area contributed by atoms with Crippen LogP contribution in [0, 0.1) is 18.6 Å². The lowest BCUT2D eigenvalue weighted by atomic mass is 10.0. The number of morpholine rings is 2. The number of anilines is 9. The molecule has 3 aliphatic rings. The quantitative estimate of drug-likeness (QED) is 0.0415. The average Bonchev–Trinajstić information content (AvgIpc) is 3.94. The second-order valence-electron chi connectivity index (χ2n) is 17.7. The second kappa shape index (κ2) is 22.4. The highest BCUT2D eigenvalue weighted by Crippen LogP contribution is 2.38. The first-order valence-corrected chi connectivity index (χ1v) is 24.0. The van der Waals surface area contributed by atoms with Crippen molar-refractivity contribution < 1.29 is 45.4 Å². The summed E-state index contributed by atoms with van der Waals surface area (Å²) in [6, 6.07) is 17.5. The van der Waals surface area contributed by atoms with Gasteiger partial charge < -0.3 is 44.5 Å². The summed E-state index contributed by atoms with van der Waals surface area (Å²) in [5.74, 6) is -2.06. The molecule has 26 heteroatoms. The van der Waals surface area contributed by atoms with Crippen molar-refractivity contribution in [2.45, 2.75) is 19.2 Å². The fourth-order valence-electron chi connectivity index (χ4n) is 8.72. The molecular formula is C50H49F5N16O5. The van der Waals surface area contributed by atoms with E-state index in [0.29, 0.717) is 86.6 Å². The van der Waals surface area contributed by atoms with E-state index in [2.05, 4.69) is 67.6 Å². The van der Waals surface area contributed by atoms with Gasteiger partial charge in [0.2, 0.25) is 11.9 Å². The van der Waals surface area contributed by atoms with Crippen molar-refractivity contribution in [1.29, 1.82) is 0 Å². The summed E-state index contributed by atoms with van der Waals surface area (Å²) >= 11 is 0. The molecule has 5 aromatic heterocycles. The van der Waals surface area contributed by atoms with Crippen molar-refractivity contribution in [3.8, 4) is 11.3 Å². The summed E-state index contributed by atoms with van der Waals surface area (Å²) in [6.07, 6.45) is 1.25. The fourth-order valence-corrected chi connectivity index (χ4v) is 8.72. The van der Waals surface area contributed by atoms with Crippen molar-refractivity contribution in [3.05, 3.63) is 137 Å². The smallest absolute Gasteiger partial charge is 0.416 e. The third kappa shape index (κ3) is 12.1. The highest BCUT2D eigenvalue weighted by atomic mass is 19.4. The number of ether oxygens (including phenoxy) is 2. The van der Waals surface area contributed by atoms with Gasteiger partial charge in [-0.2, -0.15) is 23.1 Å². The topological polar surface area (TPSA) is 237 Å². The molecule has 7 N–H and O–H groups in total. The fraction of sp³-hybridized carbons (Fsp3) is 0.280. The van der Waals surface area contributed by atoms with Gasteiger partial charge in [0.25, 0.3) is 11.8 Å². The number of furan rings is 1. The monoisotopic (exact) mass is 1050 g/mol. The number of nitrogens with one attached hydrogen (secondary N) is 7. The minimum atomic E-state index is -4.56. The van der Waals surface area contributed by atoms with E-state index in [0.717, 1.165) is 35.7 Å². The minimum Gasteiger partial charge on any atom is -0.464 e.